The fourth-order valence-corrected chi connectivity index (χ4v) is 2.10. The van der Waals surface area contributed by atoms with Crippen molar-refractivity contribution in [2.24, 2.45) is 5.92 Å². The zero-order valence-corrected chi connectivity index (χ0v) is 9.47. The number of aromatic nitrogens is 1. The lowest BCUT2D eigenvalue weighted by molar-refractivity contribution is 0.0606. The molecule has 0 bridgehead atoms. The highest BCUT2D eigenvalue weighted by molar-refractivity contribution is 7.17. The van der Waals surface area contributed by atoms with Crippen LogP contribution in [-0.2, 0) is 4.74 Å². The molecule has 1 N–H and O–H groups in total. The first-order valence-electron chi connectivity index (χ1n) is 5.07. The van der Waals surface area contributed by atoms with Gasteiger partial charge in [-0.05, 0) is 12.3 Å². The maximum Gasteiger partial charge on any atom is 0.349 e. The zero-order chi connectivity index (χ0) is 10.7. The molecule has 1 fully saturated rings. The van der Waals surface area contributed by atoms with Crippen LogP contribution in [0.1, 0.15) is 28.9 Å². The summed E-state index contributed by atoms with van der Waals surface area (Å²) in [5.74, 6) is 0.597. The second kappa shape index (κ2) is 4.61. The summed E-state index contributed by atoms with van der Waals surface area (Å²) in [6, 6.07) is 0. The molecule has 5 heteroatoms. The van der Waals surface area contributed by atoms with Gasteiger partial charge in [-0.3, -0.25) is 0 Å². The van der Waals surface area contributed by atoms with Crippen molar-refractivity contribution in [3.63, 3.8) is 0 Å². The van der Waals surface area contributed by atoms with E-state index >= 15 is 0 Å². The van der Waals surface area contributed by atoms with Crippen molar-refractivity contribution >= 4 is 22.4 Å². The molecular weight excluding hydrogens is 212 g/mol. The van der Waals surface area contributed by atoms with Crippen molar-refractivity contribution in [3.8, 4) is 0 Å². The molecule has 1 saturated carbocycles. The molecule has 1 aromatic rings. The first kappa shape index (κ1) is 10.4. The number of carbonyl (C=O) groups excluding carboxylic acids is 1. The lowest BCUT2D eigenvalue weighted by Gasteiger charge is -1.99. The third-order valence-corrected chi connectivity index (χ3v) is 3.35. The first-order valence-corrected chi connectivity index (χ1v) is 5.89. The number of nitrogens with one attached hydrogen (secondary N) is 1. The highest BCUT2D eigenvalue weighted by Gasteiger charge is 2.20. The van der Waals surface area contributed by atoms with Crippen molar-refractivity contribution in [2.45, 2.75) is 19.3 Å². The largest absolute Gasteiger partial charge is 0.465 e. The Morgan fingerprint density at radius 3 is 3.20 bits per heavy atom. The van der Waals surface area contributed by atoms with Gasteiger partial charge in [0, 0.05) is 6.54 Å². The van der Waals surface area contributed by atoms with Gasteiger partial charge in [0.2, 0.25) is 0 Å². The third kappa shape index (κ3) is 2.92. The molecule has 1 aromatic heterocycles. The van der Waals surface area contributed by atoms with Gasteiger partial charge in [0.15, 0.2) is 5.13 Å². The summed E-state index contributed by atoms with van der Waals surface area (Å²) in [5, 5.41) is 4.02. The predicted octanol–water partition coefficient (Wildman–Crippen LogP) is 2.14. The molecule has 0 aromatic carbocycles. The molecule has 1 aliphatic rings. The summed E-state index contributed by atoms with van der Waals surface area (Å²) in [5.41, 5.74) is 0. The van der Waals surface area contributed by atoms with Gasteiger partial charge in [-0.1, -0.05) is 24.2 Å². The summed E-state index contributed by atoms with van der Waals surface area (Å²) in [7, 11) is 1.38. The zero-order valence-electron chi connectivity index (χ0n) is 8.66. The molecule has 15 heavy (non-hydrogen) atoms. The number of hydrogen-bond donors (Lipinski definition) is 1. The number of thiazole rings is 1. The standard InChI is InChI=1S/C10H14N2O2S/c1-14-9(13)8-6-12-10(15-8)11-5-4-7-2-3-7/h6-7H,2-5H2,1H3,(H,11,12). The molecule has 4 nitrogen and oxygen atoms in total. The Bertz CT molecular complexity index is 347. The van der Waals surface area contributed by atoms with Crippen molar-refractivity contribution in [3.05, 3.63) is 11.1 Å². The molecule has 2 rings (SSSR count). The van der Waals surface area contributed by atoms with Gasteiger partial charge < -0.3 is 10.1 Å². The van der Waals surface area contributed by atoms with Gasteiger partial charge in [0.25, 0.3) is 0 Å². The Hall–Kier alpha value is -1.10. The summed E-state index contributed by atoms with van der Waals surface area (Å²) < 4.78 is 4.61. The molecule has 0 saturated heterocycles. The van der Waals surface area contributed by atoms with Crippen LogP contribution in [0.4, 0.5) is 5.13 Å². The number of methoxy groups -OCH3 is 1. The number of esters is 1. The smallest absolute Gasteiger partial charge is 0.349 e. The number of nitrogens with zero attached hydrogens (tertiary/aromatic N) is 1. The van der Waals surface area contributed by atoms with E-state index in [4.69, 9.17) is 0 Å². The SMILES string of the molecule is COC(=O)c1cnc(NCCC2CC2)s1. The molecule has 0 atom stereocenters. The number of rotatable bonds is 5. The molecule has 1 aliphatic carbocycles. The minimum absolute atomic E-state index is 0.317. The normalized spacial score (nSPS) is 15.0. The molecule has 0 radical (unpaired) electrons. The van der Waals surface area contributed by atoms with Crippen LogP contribution in [0.3, 0.4) is 0 Å². The van der Waals surface area contributed by atoms with Crippen LogP contribution in [0.15, 0.2) is 6.20 Å². The fourth-order valence-electron chi connectivity index (χ4n) is 1.34. The molecule has 1 heterocycles. The van der Waals surface area contributed by atoms with E-state index < -0.39 is 0 Å². The highest BCUT2D eigenvalue weighted by Crippen LogP contribution is 2.32. The van der Waals surface area contributed by atoms with Crippen LogP contribution >= 0.6 is 11.3 Å². The molecule has 82 valence electrons. The van der Waals surface area contributed by atoms with Crippen LogP contribution in [0.25, 0.3) is 0 Å². The van der Waals surface area contributed by atoms with Crippen molar-refractivity contribution in [1.29, 1.82) is 0 Å². The van der Waals surface area contributed by atoms with Crippen LogP contribution in [-0.4, -0.2) is 24.6 Å². The van der Waals surface area contributed by atoms with E-state index in [0.717, 1.165) is 17.6 Å². The maximum atomic E-state index is 11.1. The minimum Gasteiger partial charge on any atom is -0.465 e. The highest BCUT2D eigenvalue weighted by atomic mass is 32.1. The fraction of sp³-hybridized carbons (Fsp3) is 0.600. The second-order valence-electron chi connectivity index (χ2n) is 3.68. The van der Waals surface area contributed by atoms with Gasteiger partial charge >= 0.3 is 5.97 Å². The average molecular weight is 226 g/mol. The van der Waals surface area contributed by atoms with Crippen LogP contribution < -0.4 is 5.32 Å². The topological polar surface area (TPSA) is 51.2 Å². The van der Waals surface area contributed by atoms with Gasteiger partial charge in [-0.15, -0.1) is 0 Å². The number of ether oxygens (including phenoxy) is 1. The summed E-state index contributed by atoms with van der Waals surface area (Å²) in [6.45, 7) is 0.943. The quantitative estimate of drug-likeness (QED) is 0.781. The van der Waals surface area contributed by atoms with Gasteiger partial charge in [0.05, 0.1) is 13.3 Å². The lowest BCUT2D eigenvalue weighted by atomic mass is 10.3. The van der Waals surface area contributed by atoms with E-state index in [9.17, 15) is 4.79 Å². The Morgan fingerprint density at radius 1 is 1.73 bits per heavy atom. The summed E-state index contributed by atoms with van der Waals surface area (Å²) in [4.78, 5) is 15.8. The molecule has 0 aliphatic heterocycles. The Morgan fingerprint density at radius 2 is 2.53 bits per heavy atom. The van der Waals surface area contributed by atoms with Crippen molar-refractivity contribution in [1.82, 2.24) is 4.98 Å². The Labute approximate surface area is 92.7 Å². The predicted molar refractivity (Wildman–Crippen MR) is 59.3 cm³/mol. The molecule has 0 amide bonds. The van der Waals surface area contributed by atoms with Gasteiger partial charge in [-0.25, -0.2) is 9.78 Å². The van der Waals surface area contributed by atoms with E-state index in [1.165, 1.54) is 37.7 Å². The van der Waals surface area contributed by atoms with Gasteiger partial charge in [0.1, 0.15) is 4.88 Å². The Kier molecular flexibility index (Phi) is 3.20. The Balaban J connectivity index is 1.80. The van der Waals surface area contributed by atoms with Crippen LogP contribution in [0, 0.1) is 5.92 Å². The second-order valence-corrected chi connectivity index (χ2v) is 4.71. The molecule has 0 unspecified atom stereocenters. The number of carbonyl (C=O) groups is 1. The monoisotopic (exact) mass is 226 g/mol. The van der Waals surface area contributed by atoms with Crippen molar-refractivity contribution in [2.75, 3.05) is 19.0 Å². The molecule has 0 spiro atoms. The lowest BCUT2D eigenvalue weighted by Crippen LogP contribution is -2.01. The van der Waals surface area contributed by atoms with Crippen LogP contribution in [0.5, 0.6) is 0 Å². The van der Waals surface area contributed by atoms with E-state index in [-0.39, 0.29) is 5.97 Å². The van der Waals surface area contributed by atoms with Gasteiger partial charge in [-0.2, -0.15) is 0 Å². The summed E-state index contributed by atoms with van der Waals surface area (Å²) in [6.07, 6.45) is 5.49. The average Bonchev–Trinajstić information content (AvgIpc) is 2.94. The number of hydrogen-bond acceptors (Lipinski definition) is 5. The maximum absolute atomic E-state index is 11.1. The van der Waals surface area contributed by atoms with E-state index in [2.05, 4.69) is 15.0 Å². The summed E-state index contributed by atoms with van der Waals surface area (Å²) >= 11 is 1.34. The van der Waals surface area contributed by atoms with E-state index in [1.807, 2.05) is 0 Å². The van der Waals surface area contributed by atoms with Crippen LogP contribution in [0.2, 0.25) is 0 Å². The van der Waals surface area contributed by atoms with E-state index in [0.29, 0.717) is 4.88 Å². The minimum atomic E-state index is -0.317. The van der Waals surface area contributed by atoms with E-state index in [1.54, 1.807) is 6.20 Å². The van der Waals surface area contributed by atoms with Crippen molar-refractivity contribution < 1.29 is 9.53 Å². The first-order chi connectivity index (χ1) is 7.29. The molecular formula is C10H14N2O2S. The number of anilines is 1. The third-order valence-electron chi connectivity index (χ3n) is 2.42.